The Morgan fingerprint density at radius 3 is 2.74 bits per heavy atom. The fourth-order valence-electron chi connectivity index (χ4n) is 4.10. The van der Waals surface area contributed by atoms with Crippen molar-refractivity contribution in [2.45, 2.75) is 46.2 Å². The number of nitrogens with zero attached hydrogens (tertiary/aromatic N) is 3. The van der Waals surface area contributed by atoms with Gasteiger partial charge in [-0.05, 0) is 55.8 Å². The van der Waals surface area contributed by atoms with Crippen molar-refractivity contribution in [3.05, 3.63) is 22.3 Å². The van der Waals surface area contributed by atoms with Crippen LogP contribution in [0, 0.1) is 16.6 Å². The zero-order chi connectivity index (χ0) is 19.6. The molecule has 2 aromatic rings. The Balaban J connectivity index is 1.64. The molecule has 1 amide bonds. The molecule has 2 N–H and O–H groups in total. The number of rotatable bonds is 6. The lowest BCUT2D eigenvalue weighted by Gasteiger charge is -2.36. The van der Waals surface area contributed by atoms with Gasteiger partial charge < -0.3 is 10.2 Å². The molecule has 4 unspecified atom stereocenters. The molecule has 1 saturated heterocycles. The number of aromatic nitrogens is 3. The summed E-state index contributed by atoms with van der Waals surface area (Å²) in [6.45, 7) is 11.6. The summed E-state index contributed by atoms with van der Waals surface area (Å²) in [6, 6.07) is 3.62. The van der Waals surface area contributed by atoms with Crippen LogP contribution in [0.5, 0.6) is 0 Å². The molecule has 0 bridgehead atoms. The SMILES string of the molecule is CC1CC(C)CN(CC(C)NC(=O)C(C)n2c(-c3cccs3)n[nH]c2=S)C1. The Bertz CT molecular complexity index is 802. The van der Waals surface area contributed by atoms with Crippen molar-refractivity contribution in [1.29, 1.82) is 0 Å². The third-order valence-electron chi connectivity index (χ3n) is 5.08. The molecule has 0 spiro atoms. The highest BCUT2D eigenvalue weighted by molar-refractivity contribution is 7.71. The van der Waals surface area contributed by atoms with E-state index in [1.807, 2.05) is 24.4 Å². The Kier molecular flexibility index (Phi) is 6.49. The van der Waals surface area contributed by atoms with Crippen LogP contribution < -0.4 is 5.32 Å². The van der Waals surface area contributed by atoms with Crippen molar-refractivity contribution in [1.82, 2.24) is 25.0 Å². The van der Waals surface area contributed by atoms with E-state index in [4.69, 9.17) is 12.2 Å². The zero-order valence-corrected chi connectivity index (χ0v) is 18.1. The summed E-state index contributed by atoms with van der Waals surface area (Å²) in [6.07, 6.45) is 1.29. The van der Waals surface area contributed by atoms with Gasteiger partial charge in [-0.2, -0.15) is 5.10 Å². The Hall–Kier alpha value is -1.51. The van der Waals surface area contributed by atoms with Crippen molar-refractivity contribution >= 4 is 29.5 Å². The number of hydrogen-bond donors (Lipinski definition) is 2. The van der Waals surface area contributed by atoms with Gasteiger partial charge in [0.2, 0.25) is 5.91 Å². The lowest BCUT2D eigenvalue weighted by Crippen LogP contribution is -2.48. The standard InChI is InChI=1S/C19H29N5OS2/c1-12-8-13(2)10-23(9-12)11-14(3)20-18(25)15(4)24-17(21-22-19(24)26)16-6-5-7-27-16/h5-7,12-15H,8-11H2,1-4H3,(H,20,25)(H,22,26). The molecule has 27 heavy (non-hydrogen) atoms. The number of piperidine rings is 1. The van der Waals surface area contributed by atoms with E-state index in [-0.39, 0.29) is 11.9 Å². The van der Waals surface area contributed by atoms with Gasteiger partial charge in [-0.15, -0.1) is 11.3 Å². The quantitative estimate of drug-likeness (QED) is 0.717. The van der Waals surface area contributed by atoms with Crippen LogP contribution in [0.15, 0.2) is 17.5 Å². The second-order valence-electron chi connectivity index (χ2n) is 7.95. The van der Waals surface area contributed by atoms with Crippen LogP contribution in [0.4, 0.5) is 0 Å². The average Bonchev–Trinajstić information content (AvgIpc) is 3.22. The van der Waals surface area contributed by atoms with Gasteiger partial charge in [0.1, 0.15) is 6.04 Å². The molecule has 148 valence electrons. The van der Waals surface area contributed by atoms with E-state index >= 15 is 0 Å². The first kappa shape index (κ1) is 20.2. The topological polar surface area (TPSA) is 66.0 Å². The number of carbonyl (C=O) groups is 1. The highest BCUT2D eigenvalue weighted by Crippen LogP contribution is 2.26. The minimum atomic E-state index is -0.421. The molecule has 0 radical (unpaired) electrons. The molecule has 1 aliphatic heterocycles. The molecule has 0 aromatic carbocycles. The number of thiophene rings is 1. The first-order valence-corrected chi connectivity index (χ1v) is 10.9. The molecule has 3 rings (SSSR count). The smallest absolute Gasteiger partial charge is 0.243 e. The summed E-state index contributed by atoms with van der Waals surface area (Å²) < 4.78 is 2.27. The summed E-state index contributed by atoms with van der Waals surface area (Å²) in [5.41, 5.74) is 0. The first-order valence-electron chi connectivity index (χ1n) is 9.58. The average molecular weight is 408 g/mol. The van der Waals surface area contributed by atoms with E-state index < -0.39 is 6.04 Å². The number of hydrogen-bond acceptors (Lipinski definition) is 5. The molecular weight excluding hydrogens is 378 g/mol. The number of aromatic amines is 1. The predicted octanol–water partition coefficient (Wildman–Crippen LogP) is 3.71. The summed E-state index contributed by atoms with van der Waals surface area (Å²) in [4.78, 5) is 16.3. The molecule has 1 aliphatic rings. The molecule has 0 aliphatic carbocycles. The van der Waals surface area contributed by atoms with Crippen LogP contribution in [0.2, 0.25) is 0 Å². The van der Waals surface area contributed by atoms with Crippen molar-refractivity contribution < 1.29 is 4.79 Å². The van der Waals surface area contributed by atoms with Crippen LogP contribution in [-0.2, 0) is 4.79 Å². The lowest BCUT2D eigenvalue weighted by atomic mass is 9.92. The second kappa shape index (κ2) is 8.67. The largest absolute Gasteiger partial charge is 0.351 e. The molecule has 3 heterocycles. The van der Waals surface area contributed by atoms with Crippen molar-refractivity contribution in [3.8, 4) is 10.7 Å². The number of likely N-dealkylation sites (tertiary alicyclic amines) is 1. The molecular formula is C19H29N5OS2. The minimum Gasteiger partial charge on any atom is -0.351 e. The minimum absolute atomic E-state index is 0.0316. The molecule has 6 nitrogen and oxygen atoms in total. The number of H-pyrrole nitrogens is 1. The van der Waals surface area contributed by atoms with Gasteiger partial charge in [0, 0.05) is 25.7 Å². The van der Waals surface area contributed by atoms with Crippen LogP contribution in [-0.4, -0.2) is 51.2 Å². The predicted molar refractivity (Wildman–Crippen MR) is 112 cm³/mol. The van der Waals surface area contributed by atoms with Gasteiger partial charge in [0.25, 0.3) is 0 Å². The molecule has 2 aromatic heterocycles. The van der Waals surface area contributed by atoms with Gasteiger partial charge in [0.05, 0.1) is 4.88 Å². The highest BCUT2D eigenvalue weighted by atomic mass is 32.1. The van der Waals surface area contributed by atoms with Crippen LogP contribution in [0.25, 0.3) is 10.7 Å². The van der Waals surface area contributed by atoms with Gasteiger partial charge >= 0.3 is 0 Å². The Morgan fingerprint density at radius 2 is 2.11 bits per heavy atom. The van der Waals surface area contributed by atoms with Gasteiger partial charge in [-0.25, -0.2) is 0 Å². The third-order valence-corrected chi connectivity index (χ3v) is 6.23. The Labute approximate surface area is 170 Å². The summed E-state index contributed by atoms with van der Waals surface area (Å²) in [5.74, 6) is 2.11. The normalized spacial score (nSPS) is 23.1. The molecule has 1 fully saturated rings. The van der Waals surface area contributed by atoms with Gasteiger partial charge in [-0.3, -0.25) is 14.5 Å². The first-order chi connectivity index (χ1) is 12.8. The maximum atomic E-state index is 12.9. The lowest BCUT2D eigenvalue weighted by molar-refractivity contribution is -0.124. The maximum absolute atomic E-state index is 12.9. The van der Waals surface area contributed by atoms with Crippen molar-refractivity contribution in [2.24, 2.45) is 11.8 Å². The van der Waals surface area contributed by atoms with Crippen molar-refractivity contribution in [2.75, 3.05) is 19.6 Å². The van der Waals surface area contributed by atoms with Crippen LogP contribution in [0.3, 0.4) is 0 Å². The van der Waals surface area contributed by atoms with E-state index in [9.17, 15) is 4.79 Å². The van der Waals surface area contributed by atoms with Crippen LogP contribution in [0.1, 0.15) is 40.2 Å². The number of nitrogens with one attached hydrogen (secondary N) is 2. The third kappa shape index (κ3) is 4.86. The Morgan fingerprint density at radius 1 is 1.41 bits per heavy atom. The van der Waals surface area contributed by atoms with E-state index in [2.05, 4.69) is 41.2 Å². The summed E-state index contributed by atoms with van der Waals surface area (Å²) >= 11 is 6.96. The molecule has 4 atom stereocenters. The fourth-order valence-corrected chi connectivity index (χ4v) is 5.10. The zero-order valence-electron chi connectivity index (χ0n) is 16.4. The number of carbonyl (C=O) groups excluding carboxylic acids is 1. The monoisotopic (exact) mass is 407 g/mol. The van der Waals surface area contributed by atoms with Crippen molar-refractivity contribution in [3.63, 3.8) is 0 Å². The van der Waals surface area contributed by atoms with Gasteiger partial charge in [0.15, 0.2) is 10.6 Å². The molecule has 0 saturated carbocycles. The van der Waals surface area contributed by atoms with E-state index in [0.29, 0.717) is 22.4 Å². The summed E-state index contributed by atoms with van der Waals surface area (Å²) in [7, 11) is 0. The maximum Gasteiger partial charge on any atom is 0.243 e. The summed E-state index contributed by atoms with van der Waals surface area (Å²) in [5, 5.41) is 12.3. The molecule has 8 heteroatoms. The van der Waals surface area contributed by atoms with E-state index in [0.717, 1.165) is 24.5 Å². The fraction of sp³-hybridized carbons (Fsp3) is 0.632. The number of amides is 1. The highest BCUT2D eigenvalue weighted by Gasteiger charge is 2.25. The second-order valence-corrected chi connectivity index (χ2v) is 9.28. The van der Waals surface area contributed by atoms with E-state index in [1.54, 1.807) is 15.9 Å². The van der Waals surface area contributed by atoms with Crippen LogP contribution >= 0.6 is 23.6 Å². The van der Waals surface area contributed by atoms with E-state index in [1.165, 1.54) is 6.42 Å². The van der Waals surface area contributed by atoms with Gasteiger partial charge in [-0.1, -0.05) is 19.9 Å².